The van der Waals surface area contributed by atoms with E-state index in [9.17, 15) is 14.7 Å². The fraction of sp³-hybridized carbons (Fsp3) is 0.200. The van der Waals surface area contributed by atoms with Crippen molar-refractivity contribution in [2.24, 2.45) is 0 Å². The molecule has 2 aromatic heterocycles. The van der Waals surface area contributed by atoms with E-state index in [-0.39, 0.29) is 23.1 Å². The third kappa shape index (κ3) is 6.08. The molecule has 12 heteroatoms. The normalized spacial score (nSPS) is 14.9. The minimum Gasteiger partial charge on any atom is -0.503 e. The lowest BCUT2D eigenvalue weighted by atomic mass is 9.95. The lowest BCUT2D eigenvalue weighted by molar-refractivity contribution is -0.117. The van der Waals surface area contributed by atoms with Crippen molar-refractivity contribution < 1.29 is 28.6 Å². The van der Waals surface area contributed by atoms with E-state index >= 15 is 0 Å². The molecule has 1 aliphatic rings. The number of hydrogen-bond acceptors (Lipinski definition) is 10. The third-order valence-corrected chi connectivity index (χ3v) is 8.61. The fourth-order valence-electron chi connectivity index (χ4n) is 4.35. The Morgan fingerprint density at radius 3 is 2.64 bits per heavy atom. The first-order chi connectivity index (χ1) is 20.3. The van der Waals surface area contributed by atoms with Crippen LogP contribution in [0.5, 0.6) is 11.5 Å². The number of carbonyl (C=O) groups is 2. The van der Waals surface area contributed by atoms with Gasteiger partial charge >= 0.3 is 0 Å². The van der Waals surface area contributed by atoms with Crippen LogP contribution in [0.4, 0.5) is 5.13 Å². The molecule has 0 bridgehead atoms. The minimum absolute atomic E-state index is 0.00106. The summed E-state index contributed by atoms with van der Waals surface area (Å²) in [6, 6.07) is 14.7. The van der Waals surface area contributed by atoms with Crippen molar-refractivity contribution in [3.63, 3.8) is 0 Å². The van der Waals surface area contributed by atoms with Gasteiger partial charge in [-0.3, -0.25) is 14.5 Å². The number of halogens is 1. The molecule has 4 aromatic rings. The van der Waals surface area contributed by atoms with Crippen molar-refractivity contribution in [1.82, 2.24) is 10.2 Å². The zero-order valence-corrected chi connectivity index (χ0v) is 25.1. The number of hydrogen-bond donors (Lipinski definition) is 1. The standard InChI is InChI=1S/C30H26ClN3O6S2/c1-4-14-39-21-13-9-19(15-23(21)38-5-2)25-24(26(35)22-12-6-17(3)40-22)27(36)28(37)34(25)29-32-33-30(42-29)41-16-18-7-10-20(31)11-8-18/h4,6-13,15,25,36H,1,5,14,16H2,2-3H3. The number of aliphatic hydroxyl groups excluding tert-OH is 1. The highest BCUT2D eigenvalue weighted by atomic mass is 35.5. The number of Topliss-reactive ketones (excluding diaryl/α,β-unsaturated/α-hetero) is 1. The first-order valence-corrected chi connectivity index (χ1v) is 15.1. The summed E-state index contributed by atoms with van der Waals surface area (Å²) >= 11 is 8.61. The molecule has 1 unspecified atom stereocenters. The summed E-state index contributed by atoms with van der Waals surface area (Å²) in [5.41, 5.74) is 1.40. The molecule has 0 fully saturated rings. The van der Waals surface area contributed by atoms with Crippen LogP contribution >= 0.6 is 34.7 Å². The Kier molecular flexibility index (Phi) is 9.00. The number of nitrogens with zero attached hydrogens (tertiary/aromatic N) is 3. The van der Waals surface area contributed by atoms with Gasteiger partial charge in [-0.15, -0.1) is 10.2 Å². The second-order valence-electron chi connectivity index (χ2n) is 9.08. The summed E-state index contributed by atoms with van der Waals surface area (Å²) in [4.78, 5) is 28.5. The smallest absolute Gasteiger partial charge is 0.296 e. The highest BCUT2D eigenvalue weighted by Crippen LogP contribution is 2.45. The van der Waals surface area contributed by atoms with Gasteiger partial charge in [-0.05, 0) is 61.4 Å². The third-order valence-electron chi connectivity index (χ3n) is 6.23. The predicted molar refractivity (Wildman–Crippen MR) is 162 cm³/mol. The van der Waals surface area contributed by atoms with E-state index in [2.05, 4.69) is 16.8 Å². The van der Waals surface area contributed by atoms with Crippen LogP contribution in [0.2, 0.25) is 5.02 Å². The van der Waals surface area contributed by atoms with Crippen molar-refractivity contribution in [2.75, 3.05) is 18.1 Å². The van der Waals surface area contributed by atoms with Crippen molar-refractivity contribution in [3.05, 3.63) is 106 Å². The molecule has 42 heavy (non-hydrogen) atoms. The monoisotopic (exact) mass is 623 g/mol. The summed E-state index contributed by atoms with van der Waals surface area (Å²) in [7, 11) is 0. The quantitative estimate of drug-likeness (QED) is 0.0761. The van der Waals surface area contributed by atoms with E-state index in [1.54, 1.807) is 37.3 Å². The van der Waals surface area contributed by atoms with Gasteiger partial charge in [0.25, 0.3) is 5.91 Å². The van der Waals surface area contributed by atoms with Crippen molar-refractivity contribution in [3.8, 4) is 11.5 Å². The number of aromatic nitrogens is 2. The number of benzene rings is 2. The summed E-state index contributed by atoms with van der Waals surface area (Å²) in [5.74, 6) is -0.0717. The van der Waals surface area contributed by atoms with E-state index in [4.69, 9.17) is 25.5 Å². The van der Waals surface area contributed by atoms with Crippen molar-refractivity contribution in [2.45, 2.75) is 30.0 Å². The van der Waals surface area contributed by atoms with Crippen LogP contribution in [0.25, 0.3) is 0 Å². The molecule has 2 aromatic carbocycles. The fourth-order valence-corrected chi connectivity index (χ4v) is 6.30. The van der Waals surface area contributed by atoms with Crippen LogP contribution in [0.15, 0.2) is 87.3 Å². The summed E-state index contributed by atoms with van der Waals surface area (Å²) in [5, 5.41) is 20.5. The zero-order chi connectivity index (χ0) is 29.8. The highest BCUT2D eigenvalue weighted by molar-refractivity contribution is 8.00. The number of amides is 1. The lowest BCUT2D eigenvalue weighted by Gasteiger charge is -2.24. The van der Waals surface area contributed by atoms with E-state index in [1.807, 2.05) is 31.2 Å². The van der Waals surface area contributed by atoms with Crippen LogP contribution in [0, 0.1) is 6.92 Å². The maximum Gasteiger partial charge on any atom is 0.296 e. The van der Waals surface area contributed by atoms with Crippen molar-refractivity contribution in [1.29, 1.82) is 0 Å². The number of aryl methyl sites for hydroxylation is 1. The van der Waals surface area contributed by atoms with Gasteiger partial charge in [-0.1, -0.05) is 65.6 Å². The number of ether oxygens (including phenoxy) is 2. The Morgan fingerprint density at radius 2 is 1.95 bits per heavy atom. The summed E-state index contributed by atoms with van der Waals surface area (Å²) in [6.45, 7) is 7.83. The van der Waals surface area contributed by atoms with E-state index < -0.39 is 23.5 Å². The lowest BCUT2D eigenvalue weighted by Crippen LogP contribution is -2.31. The molecule has 1 aliphatic heterocycles. The first-order valence-electron chi connectivity index (χ1n) is 12.9. The Bertz CT molecular complexity index is 1660. The maximum atomic E-state index is 13.7. The van der Waals surface area contributed by atoms with Crippen molar-refractivity contribution >= 4 is 51.5 Å². The predicted octanol–water partition coefficient (Wildman–Crippen LogP) is 7.13. The van der Waals surface area contributed by atoms with Gasteiger partial charge in [0.2, 0.25) is 10.9 Å². The number of thioether (sulfide) groups is 1. The Morgan fingerprint density at radius 1 is 1.17 bits per heavy atom. The number of aliphatic hydroxyl groups is 1. The highest BCUT2D eigenvalue weighted by Gasteiger charge is 2.47. The molecular weight excluding hydrogens is 598 g/mol. The van der Waals surface area contributed by atoms with E-state index in [0.29, 0.717) is 44.5 Å². The largest absolute Gasteiger partial charge is 0.503 e. The molecule has 3 heterocycles. The minimum atomic E-state index is -1.04. The van der Waals surface area contributed by atoms with Gasteiger partial charge in [-0.25, -0.2) is 0 Å². The van der Waals surface area contributed by atoms with Crippen LogP contribution < -0.4 is 14.4 Å². The number of ketones is 1. The molecule has 0 radical (unpaired) electrons. The number of carbonyl (C=O) groups excluding carboxylic acids is 2. The van der Waals surface area contributed by atoms with Gasteiger partial charge in [0.05, 0.1) is 18.2 Å². The van der Waals surface area contributed by atoms with Gasteiger partial charge in [0.1, 0.15) is 12.4 Å². The number of anilines is 1. The molecule has 1 N–H and O–H groups in total. The van der Waals surface area contributed by atoms with Crippen LogP contribution in [0.3, 0.4) is 0 Å². The van der Waals surface area contributed by atoms with Gasteiger partial charge in [-0.2, -0.15) is 0 Å². The number of rotatable bonds is 12. The Labute approximate surface area is 255 Å². The topological polar surface area (TPSA) is 115 Å². The molecule has 1 amide bonds. The van der Waals surface area contributed by atoms with E-state index in [1.165, 1.54) is 34.1 Å². The molecule has 0 spiro atoms. The second kappa shape index (κ2) is 12.8. The zero-order valence-electron chi connectivity index (χ0n) is 22.7. The van der Waals surface area contributed by atoms with Gasteiger partial charge < -0.3 is 19.0 Å². The van der Waals surface area contributed by atoms with Crippen LogP contribution in [-0.4, -0.2) is 40.2 Å². The van der Waals surface area contributed by atoms with E-state index in [0.717, 1.165) is 5.56 Å². The second-order valence-corrected chi connectivity index (χ2v) is 11.7. The molecule has 0 saturated carbocycles. The average Bonchev–Trinajstić information content (AvgIpc) is 3.70. The molecule has 5 rings (SSSR count). The number of furan rings is 1. The Balaban J connectivity index is 1.53. The van der Waals surface area contributed by atoms with Gasteiger partial charge in [0.15, 0.2) is 27.4 Å². The molecule has 1 atom stereocenters. The summed E-state index contributed by atoms with van der Waals surface area (Å²) in [6.07, 6.45) is 1.61. The van der Waals surface area contributed by atoms with Crippen LogP contribution in [0.1, 0.15) is 40.4 Å². The SMILES string of the molecule is C=CCOc1ccc(C2C(C(=O)c3ccc(C)o3)=C(O)C(=O)N2c2nnc(SCc3ccc(Cl)cc3)s2)cc1OCC. The summed E-state index contributed by atoms with van der Waals surface area (Å²) < 4.78 is 17.7. The molecule has 0 aliphatic carbocycles. The molecule has 9 nitrogen and oxygen atoms in total. The maximum absolute atomic E-state index is 13.7. The van der Waals surface area contributed by atoms with Crippen LogP contribution in [-0.2, 0) is 10.5 Å². The van der Waals surface area contributed by atoms with Gasteiger partial charge in [0, 0.05) is 10.8 Å². The average molecular weight is 624 g/mol. The molecule has 0 saturated heterocycles. The first kappa shape index (κ1) is 29.4. The molecular formula is C30H26ClN3O6S2. The Hall–Kier alpha value is -4.06. The molecule has 216 valence electrons.